The number of esters is 2. The molecular weight excluding hydrogens is 458 g/mol. The van der Waals surface area contributed by atoms with Crippen LogP contribution in [0.5, 0.6) is 11.5 Å². The molecule has 0 fully saturated rings. The molecule has 0 radical (unpaired) electrons. The van der Waals surface area contributed by atoms with E-state index in [4.69, 9.17) is 14.2 Å². The summed E-state index contributed by atoms with van der Waals surface area (Å²) in [7, 11) is 1.48. The molecule has 0 saturated heterocycles. The maximum atomic E-state index is 13.5. The van der Waals surface area contributed by atoms with Crippen LogP contribution in [-0.4, -0.2) is 24.8 Å². The molecule has 1 aliphatic carbocycles. The number of carbonyl (C=O) groups is 3. The molecule has 2 aromatic carbocycles. The Hall–Kier alpha value is -3.87. The van der Waals surface area contributed by atoms with Crippen molar-refractivity contribution in [3.05, 3.63) is 82.7 Å². The lowest BCUT2D eigenvalue weighted by Crippen LogP contribution is -2.43. The highest BCUT2D eigenvalue weighted by molar-refractivity contribution is 5.96. The van der Waals surface area contributed by atoms with Gasteiger partial charge >= 0.3 is 11.9 Å². The Kier molecular flexibility index (Phi) is 7.02. The minimum atomic E-state index is -0.593. The van der Waals surface area contributed by atoms with Crippen LogP contribution in [0.4, 0.5) is 0 Å². The van der Waals surface area contributed by atoms with Crippen molar-refractivity contribution in [3.63, 3.8) is 0 Å². The van der Waals surface area contributed by atoms with Crippen molar-refractivity contribution >= 4 is 17.7 Å². The molecule has 0 bridgehead atoms. The number of ketones is 1. The van der Waals surface area contributed by atoms with Gasteiger partial charge in [0.15, 0.2) is 11.5 Å². The van der Waals surface area contributed by atoms with Crippen molar-refractivity contribution in [3.8, 4) is 11.5 Å². The van der Waals surface area contributed by atoms with E-state index in [1.807, 2.05) is 51.1 Å². The molecule has 7 heteroatoms. The Balaban J connectivity index is 1.79. The van der Waals surface area contributed by atoms with Gasteiger partial charge in [-0.1, -0.05) is 56.3 Å². The second kappa shape index (κ2) is 10.0. The lowest BCUT2D eigenvalue weighted by atomic mass is 9.66. The van der Waals surface area contributed by atoms with E-state index in [9.17, 15) is 14.4 Å². The standard InChI is InChI=1S/C29H31NO6/c1-17-25(28(33)35-16-19-9-7-6-8-10-19)26(27-21(30-17)14-29(3,4)15-22(27)32)20-11-12-23(36-18(2)31)24(13-20)34-5/h6-14,26-27,30H,15-16H2,1-5H3. The predicted molar refractivity (Wildman–Crippen MR) is 134 cm³/mol. The third-order valence-electron chi connectivity index (χ3n) is 6.47. The zero-order valence-corrected chi connectivity index (χ0v) is 21.2. The van der Waals surface area contributed by atoms with Crippen LogP contribution >= 0.6 is 0 Å². The highest BCUT2D eigenvalue weighted by Crippen LogP contribution is 2.48. The van der Waals surface area contributed by atoms with Gasteiger partial charge in [0.05, 0.1) is 18.6 Å². The van der Waals surface area contributed by atoms with Gasteiger partial charge in [0.1, 0.15) is 12.4 Å². The zero-order chi connectivity index (χ0) is 26.0. The van der Waals surface area contributed by atoms with Gasteiger partial charge in [0, 0.05) is 30.7 Å². The van der Waals surface area contributed by atoms with Crippen LogP contribution in [0.3, 0.4) is 0 Å². The first-order valence-electron chi connectivity index (χ1n) is 11.9. The summed E-state index contributed by atoms with van der Waals surface area (Å²) in [5.41, 5.74) is 3.06. The Labute approximate surface area is 211 Å². The fraction of sp³-hybridized carbons (Fsp3) is 0.345. The average Bonchev–Trinajstić information content (AvgIpc) is 2.81. The number of Topliss-reactive ketones (excluding diaryl/α,β-unsaturated/α-hetero) is 1. The molecular formula is C29H31NO6. The Morgan fingerprint density at radius 2 is 1.78 bits per heavy atom. The fourth-order valence-corrected chi connectivity index (χ4v) is 5.01. The van der Waals surface area contributed by atoms with Crippen molar-refractivity contribution in [2.75, 3.05) is 7.11 Å². The normalized spacial score (nSPS) is 20.6. The summed E-state index contributed by atoms with van der Waals surface area (Å²) >= 11 is 0. The zero-order valence-electron chi connectivity index (χ0n) is 21.2. The summed E-state index contributed by atoms with van der Waals surface area (Å²) in [5, 5.41) is 3.32. The van der Waals surface area contributed by atoms with E-state index in [1.165, 1.54) is 14.0 Å². The highest BCUT2D eigenvalue weighted by Gasteiger charge is 2.46. The third kappa shape index (κ3) is 5.20. The maximum Gasteiger partial charge on any atom is 0.336 e. The van der Waals surface area contributed by atoms with Crippen LogP contribution in [-0.2, 0) is 25.7 Å². The topological polar surface area (TPSA) is 90.9 Å². The Morgan fingerprint density at radius 3 is 2.44 bits per heavy atom. The van der Waals surface area contributed by atoms with E-state index in [-0.39, 0.29) is 23.6 Å². The minimum Gasteiger partial charge on any atom is -0.493 e. The van der Waals surface area contributed by atoms with Crippen molar-refractivity contribution in [2.24, 2.45) is 11.3 Å². The fourth-order valence-electron chi connectivity index (χ4n) is 5.01. The summed E-state index contributed by atoms with van der Waals surface area (Å²) in [6.45, 7) is 7.29. The summed E-state index contributed by atoms with van der Waals surface area (Å²) in [6, 6.07) is 14.5. The van der Waals surface area contributed by atoms with Crippen LogP contribution in [0, 0.1) is 11.3 Å². The van der Waals surface area contributed by atoms with Crippen molar-refractivity contribution in [1.82, 2.24) is 5.32 Å². The molecule has 188 valence electrons. The largest absolute Gasteiger partial charge is 0.493 e. The second-order valence-corrected chi connectivity index (χ2v) is 9.92. The van der Waals surface area contributed by atoms with E-state index in [1.54, 1.807) is 18.2 Å². The third-order valence-corrected chi connectivity index (χ3v) is 6.47. The predicted octanol–water partition coefficient (Wildman–Crippen LogP) is 4.82. The number of benzene rings is 2. The number of carbonyl (C=O) groups excluding carboxylic acids is 3. The number of nitrogens with one attached hydrogen (secondary N) is 1. The second-order valence-electron chi connectivity index (χ2n) is 9.92. The van der Waals surface area contributed by atoms with Crippen molar-refractivity contribution in [1.29, 1.82) is 0 Å². The molecule has 1 aliphatic heterocycles. The van der Waals surface area contributed by atoms with Gasteiger partial charge in [-0.3, -0.25) is 9.59 Å². The van der Waals surface area contributed by atoms with Crippen molar-refractivity contribution in [2.45, 2.75) is 46.6 Å². The summed E-state index contributed by atoms with van der Waals surface area (Å²) in [4.78, 5) is 38.5. The Morgan fingerprint density at radius 1 is 1.06 bits per heavy atom. The minimum absolute atomic E-state index is 0.0406. The number of hydrogen-bond acceptors (Lipinski definition) is 7. The van der Waals surface area contributed by atoms with Crippen LogP contribution in [0.15, 0.2) is 71.6 Å². The molecule has 2 aromatic rings. The van der Waals surface area contributed by atoms with E-state index in [0.717, 1.165) is 11.3 Å². The average molecular weight is 490 g/mol. The number of ether oxygens (including phenoxy) is 3. The van der Waals surface area contributed by atoms with Gasteiger partial charge < -0.3 is 19.5 Å². The van der Waals surface area contributed by atoms with Gasteiger partial charge in [-0.15, -0.1) is 0 Å². The van der Waals surface area contributed by atoms with Gasteiger partial charge in [0.25, 0.3) is 0 Å². The number of methoxy groups -OCH3 is 1. The van der Waals surface area contributed by atoms with Gasteiger partial charge in [0.2, 0.25) is 0 Å². The molecule has 1 N–H and O–H groups in total. The first-order valence-corrected chi connectivity index (χ1v) is 11.9. The summed E-state index contributed by atoms with van der Waals surface area (Å²) < 4.78 is 16.4. The SMILES string of the molecule is COc1cc(C2C(C(=O)OCc3ccccc3)=C(C)NC3=CC(C)(C)CC(=O)C32)ccc1OC(C)=O. The van der Waals surface area contributed by atoms with Crippen LogP contribution < -0.4 is 14.8 Å². The van der Waals surface area contributed by atoms with Crippen LogP contribution in [0.2, 0.25) is 0 Å². The molecule has 2 unspecified atom stereocenters. The number of allylic oxidation sites excluding steroid dienone is 3. The van der Waals surface area contributed by atoms with Crippen LogP contribution in [0.25, 0.3) is 0 Å². The molecule has 36 heavy (non-hydrogen) atoms. The molecule has 0 amide bonds. The molecule has 0 spiro atoms. The molecule has 0 saturated carbocycles. The Bertz CT molecular complexity index is 1260. The quantitative estimate of drug-likeness (QED) is 0.459. The first-order chi connectivity index (χ1) is 17.1. The number of rotatable bonds is 6. The molecule has 0 aromatic heterocycles. The first kappa shape index (κ1) is 25.2. The highest BCUT2D eigenvalue weighted by atomic mass is 16.6. The van der Waals surface area contributed by atoms with Crippen LogP contribution in [0.1, 0.15) is 51.2 Å². The van der Waals surface area contributed by atoms with Gasteiger partial charge in [-0.05, 0) is 35.6 Å². The molecule has 2 atom stereocenters. The van der Waals surface area contributed by atoms with E-state index >= 15 is 0 Å². The van der Waals surface area contributed by atoms with E-state index < -0.39 is 23.8 Å². The summed E-state index contributed by atoms with van der Waals surface area (Å²) in [5.74, 6) is -1.49. The van der Waals surface area contributed by atoms with E-state index in [2.05, 4.69) is 11.4 Å². The molecule has 2 aliphatic rings. The summed E-state index contributed by atoms with van der Waals surface area (Å²) in [6.07, 6.45) is 2.43. The van der Waals surface area contributed by atoms with Gasteiger partial charge in [-0.2, -0.15) is 0 Å². The lowest BCUT2D eigenvalue weighted by Gasteiger charge is -2.41. The van der Waals surface area contributed by atoms with Gasteiger partial charge in [-0.25, -0.2) is 4.79 Å². The van der Waals surface area contributed by atoms with Crippen molar-refractivity contribution < 1.29 is 28.6 Å². The number of fused-ring (bicyclic) bond motifs is 1. The molecule has 1 heterocycles. The lowest BCUT2D eigenvalue weighted by molar-refractivity contribution is -0.141. The monoisotopic (exact) mass is 489 g/mol. The maximum absolute atomic E-state index is 13.5. The molecule has 4 rings (SSSR count). The smallest absolute Gasteiger partial charge is 0.336 e. The molecule has 7 nitrogen and oxygen atoms in total. The number of hydrogen-bond donors (Lipinski definition) is 1. The van der Waals surface area contributed by atoms with E-state index in [0.29, 0.717) is 29.0 Å².